The lowest BCUT2D eigenvalue weighted by atomic mass is 10.0. The topological polar surface area (TPSA) is 81.7 Å². The van der Waals surface area contributed by atoms with Gasteiger partial charge in [0.2, 0.25) is 10.0 Å². The predicted molar refractivity (Wildman–Crippen MR) is 116 cm³/mol. The molecule has 6 nitrogen and oxygen atoms in total. The van der Waals surface area contributed by atoms with Gasteiger partial charge in [-0.2, -0.15) is 0 Å². The zero-order chi connectivity index (χ0) is 23.5. The summed E-state index contributed by atoms with van der Waals surface area (Å²) in [6, 6.07) is 12.4. The zero-order valence-electron chi connectivity index (χ0n) is 17.1. The molecule has 0 aliphatic heterocycles. The number of fused-ring (bicyclic) bond motifs is 1. The number of rotatable bonds is 8. The fourth-order valence-corrected chi connectivity index (χ4v) is 6.02. The van der Waals surface area contributed by atoms with Crippen LogP contribution in [-0.4, -0.2) is 33.6 Å². The Hall–Kier alpha value is -2.79. The summed E-state index contributed by atoms with van der Waals surface area (Å²) in [5.74, 6) is -2.75. The third-order valence-electron chi connectivity index (χ3n) is 4.69. The van der Waals surface area contributed by atoms with Crippen LogP contribution in [-0.2, 0) is 26.0 Å². The molecule has 1 aromatic heterocycles. The van der Waals surface area contributed by atoms with E-state index in [1.165, 1.54) is 23.5 Å². The molecule has 172 valence electrons. The van der Waals surface area contributed by atoms with Gasteiger partial charge in [-0.3, -0.25) is 9.52 Å². The second-order valence-electron chi connectivity index (χ2n) is 7.05. The molecule has 0 amide bonds. The van der Waals surface area contributed by atoms with E-state index in [0.29, 0.717) is 10.6 Å². The van der Waals surface area contributed by atoms with Gasteiger partial charge in [0, 0.05) is 4.70 Å². The third kappa shape index (κ3) is 6.13. The van der Waals surface area contributed by atoms with E-state index in [0.717, 1.165) is 34.9 Å². The van der Waals surface area contributed by atoms with E-state index in [4.69, 9.17) is 4.74 Å². The van der Waals surface area contributed by atoms with Gasteiger partial charge in [-0.15, -0.1) is 24.5 Å². The van der Waals surface area contributed by atoms with Gasteiger partial charge < -0.3 is 9.47 Å². The molecule has 0 aliphatic carbocycles. The Morgan fingerprint density at radius 3 is 2.38 bits per heavy atom. The Kier molecular flexibility index (Phi) is 6.99. The molecular formula is C21H20F3NO5S2. The maximum absolute atomic E-state index is 12.8. The van der Waals surface area contributed by atoms with E-state index in [-0.39, 0.29) is 6.42 Å². The van der Waals surface area contributed by atoms with Gasteiger partial charge in [0.1, 0.15) is 10.8 Å². The van der Waals surface area contributed by atoms with Crippen LogP contribution >= 0.6 is 11.3 Å². The first-order valence-corrected chi connectivity index (χ1v) is 11.9. The summed E-state index contributed by atoms with van der Waals surface area (Å²) in [4.78, 5) is 12.2. The van der Waals surface area contributed by atoms with Crippen molar-refractivity contribution in [1.82, 2.24) is 0 Å². The maximum Gasteiger partial charge on any atom is 0.573 e. The number of thiophene rings is 1. The Morgan fingerprint density at radius 2 is 1.78 bits per heavy atom. The van der Waals surface area contributed by atoms with Gasteiger partial charge in [0.15, 0.2) is 0 Å². The Balaban J connectivity index is 1.75. The van der Waals surface area contributed by atoms with Crippen molar-refractivity contribution in [2.75, 3.05) is 17.6 Å². The van der Waals surface area contributed by atoms with Gasteiger partial charge >= 0.3 is 12.3 Å². The molecule has 0 spiro atoms. The van der Waals surface area contributed by atoms with Crippen molar-refractivity contribution in [2.45, 2.75) is 19.7 Å². The second kappa shape index (κ2) is 9.37. The highest BCUT2D eigenvalue weighted by atomic mass is 32.2. The molecule has 1 unspecified atom stereocenters. The predicted octanol–water partition coefficient (Wildman–Crippen LogP) is 4.88. The van der Waals surface area contributed by atoms with Crippen molar-refractivity contribution >= 4 is 42.4 Å². The van der Waals surface area contributed by atoms with Crippen molar-refractivity contribution in [3.05, 3.63) is 59.7 Å². The number of benzene rings is 2. The molecule has 2 aromatic carbocycles. The van der Waals surface area contributed by atoms with Crippen LogP contribution in [0.1, 0.15) is 11.1 Å². The fourth-order valence-electron chi connectivity index (χ4n) is 3.21. The highest BCUT2D eigenvalue weighted by Gasteiger charge is 2.31. The number of halogens is 3. The van der Waals surface area contributed by atoms with Crippen LogP contribution < -0.4 is 9.46 Å². The normalized spacial score (nSPS) is 13.0. The first-order chi connectivity index (χ1) is 15.0. The van der Waals surface area contributed by atoms with Crippen molar-refractivity contribution in [1.29, 1.82) is 0 Å². The smallest absolute Gasteiger partial charge is 0.469 e. The Labute approximate surface area is 187 Å². The molecule has 0 aliphatic rings. The second-order valence-corrected chi connectivity index (χ2v) is 9.87. The lowest BCUT2D eigenvalue weighted by Gasteiger charge is -2.16. The van der Waals surface area contributed by atoms with Gasteiger partial charge in [0.25, 0.3) is 0 Å². The van der Waals surface area contributed by atoms with Crippen molar-refractivity contribution in [3.63, 3.8) is 0 Å². The van der Waals surface area contributed by atoms with Gasteiger partial charge in [-0.05, 0) is 48.1 Å². The van der Waals surface area contributed by atoms with Gasteiger partial charge in [-0.25, -0.2) is 8.42 Å². The van der Waals surface area contributed by atoms with E-state index in [1.807, 2.05) is 24.3 Å². The molecule has 0 radical (unpaired) electrons. The number of hydrogen-bond donors (Lipinski definition) is 1. The molecule has 1 N–H and O–H groups in total. The molecule has 0 saturated heterocycles. The van der Waals surface area contributed by atoms with E-state index in [9.17, 15) is 26.4 Å². The molecule has 0 bridgehead atoms. The lowest BCUT2D eigenvalue weighted by Crippen LogP contribution is -2.30. The van der Waals surface area contributed by atoms with E-state index >= 15 is 0 Å². The minimum absolute atomic E-state index is 0.0364. The van der Waals surface area contributed by atoms with Crippen molar-refractivity contribution < 1.29 is 35.9 Å². The number of anilines is 1. The number of carbonyl (C=O) groups excluding carboxylic acids is 1. The highest BCUT2D eigenvalue weighted by Crippen LogP contribution is 2.35. The average Bonchev–Trinajstić information content (AvgIpc) is 3.02. The van der Waals surface area contributed by atoms with Crippen LogP contribution in [0.4, 0.5) is 18.2 Å². The monoisotopic (exact) mass is 487 g/mol. The highest BCUT2D eigenvalue weighted by molar-refractivity contribution is 7.92. The SMILES string of the molecule is COC(=O)C(Cc1ccc(OC(F)(F)F)cc1)CS(=O)(=O)Nc1sc2ccccc2c1C. The first kappa shape index (κ1) is 23.9. The van der Waals surface area contributed by atoms with Crippen molar-refractivity contribution in [2.24, 2.45) is 5.92 Å². The number of alkyl halides is 3. The quantitative estimate of drug-likeness (QED) is 0.458. The minimum atomic E-state index is -4.82. The molecule has 1 heterocycles. The Morgan fingerprint density at radius 1 is 1.12 bits per heavy atom. The van der Waals surface area contributed by atoms with Crippen LogP contribution in [0.2, 0.25) is 0 Å². The average molecular weight is 488 g/mol. The van der Waals surface area contributed by atoms with Crippen LogP contribution in [0.15, 0.2) is 48.5 Å². The summed E-state index contributed by atoms with van der Waals surface area (Å²) in [6.45, 7) is 1.80. The number of sulfonamides is 1. The molecule has 0 fully saturated rings. The fraction of sp³-hybridized carbons (Fsp3) is 0.286. The lowest BCUT2D eigenvalue weighted by molar-refractivity contribution is -0.274. The largest absolute Gasteiger partial charge is 0.573 e. The number of ether oxygens (including phenoxy) is 2. The van der Waals surface area contributed by atoms with Crippen LogP contribution in [0.3, 0.4) is 0 Å². The standard InChI is InChI=1S/C21H20F3NO5S2/c1-13-17-5-3-4-6-18(17)31-19(13)25-32(27,28)12-15(20(26)29-2)11-14-7-9-16(10-8-14)30-21(22,23)24/h3-10,15,25H,11-12H2,1-2H3. The summed E-state index contributed by atoms with van der Waals surface area (Å²) in [5.41, 5.74) is 1.24. The summed E-state index contributed by atoms with van der Waals surface area (Å²) < 4.78 is 74.6. The van der Waals surface area contributed by atoms with Gasteiger partial charge in [-0.1, -0.05) is 30.3 Å². The summed E-state index contributed by atoms with van der Waals surface area (Å²) in [7, 11) is -2.78. The molecule has 3 aromatic rings. The zero-order valence-corrected chi connectivity index (χ0v) is 18.7. The molecule has 3 rings (SSSR count). The van der Waals surface area contributed by atoms with Crippen LogP contribution in [0.25, 0.3) is 10.1 Å². The van der Waals surface area contributed by atoms with E-state index in [1.54, 1.807) is 6.92 Å². The minimum Gasteiger partial charge on any atom is -0.469 e. The first-order valence-electron chi connectivity index (χ1n) is 9.38. The number of methoxy groups -OCH3 is 1. The number of nitrogens with one attached hydrogen (secondary N) is 1. The summed E-state index contributed by atoms with van der Waals surface area (Å²) in [5, 5.41) is 1.39. The maximum atomic E-state index is 12.8. The van der Waals surface area contributed by atoms with Crippen LogP contribution in [0, 0.1) is 12.8 Å². The third-order valence-corrected chi connectivity index (χ3v) is 7.36. The van der Waals surface area contributed by atoms with Gasteiger partial charge in [0.05, 0.1) is 18.8 Å². The summed E-state index contributed by atoms with van der Waals surface area (Å²) >= 11 is 1.29. The van der Waals surface area contributed by atoms with Crippen LogP contribution in [0.5, 0.6) is 5.75 Å². The Bertz CT molecular complexity index is 1200. The van der Waals surface area contributed by atoms with E-state index in [2.05, 4.69) is 9.46 Å². The molecule has 11 heteroatoms. The number of carbonyl (C=O) groups is 1. The van der Waals surface area contributed by atoms with E-state index < -0.39 is 39.8 Å². The number of hydrogen-bond acceptors (Lipinski definition) is 6. The number of esters is 1. The molecular weight excluding hydrogens is 467 g/mol. The molecule has 32 heavy (non-hydrogen) atoms. The summed E-state index contributed by atoms with van der Waals surface area (Å²) in [6.07, 6.45) is -4.86. The van der Waals surface area contributed by atoms with Crippen molar-refractivity contribution in [3.8, 4) is 5.75 Å². The number of aryl methyl sites for hydroxylation is 1. The molecule has 1 atom stereocenters. The molecule has 0 saturated carbocycles.